The fraction of sp³-hybridized carbons (Fsp3) is 0.200. The van der Waals surface area contributed by atoms with Crippen molar-refractivity contribution in [3.63, 3.8) is 0 Å². The van der Waals surface area contributed by atoms with E-state index in [9.17, 15) is 4.39 Å². The van der Waals surface area contributed by atoms with Crippen LogP contribution in [0.4, 0.5) is 4.39 Å². The predicted octanol–water partition coefficient (Wildman–Crippen LogP) is 3.89. The van der Waals surface area contributed by atoms with E-state index in [2.05, 4.69) is 21.2 Å². The Morgan fingerprint density at radius 1 is 1.16 bits per heavy atom. The van der Waals surface area contributed by atoms with E-state index in [4.69, 9.17) is 4.74 Å². The van der Waals surface area contributed by atoms with Gasteiger partial charge in [-0.2, -0.15) is 0 Å². The van der Waals surface area contributed by atoms with E-state index in [-0.39, 0.29) is 12.4 Å². The highest BCUT2D eigenvalue weighted by molar-refractivity contribution is 9.10. The largest absolute Gasteiger partial charge is 0.489 e. The van der Waals surface area contributed by atoms with Crippen LogP contribution in [0.2, 0.25) is 0 Å². The van der Waals surface area contributed by atoms with Gasteiger partial charge in [-0.05, 0) is 36.9 Å². The quantitative estimate of drug-likeness (QED) is 0.901. The summed E-state index contributed by atoms with van der Waals surface area (Å²) in [5.74, 6) is 0.475. The summed E-state index contributed by atoms with van der Waals surface area (Å²) in [6.45, 7) is 1.05. The fourth-order valence-electron chi connectivity index (χ4n) is 1.71. The van der Waals surface area contributed by atoms with E-state index in [1.807, 2.05) is 31.3 Å². The molecule has 0 fully saturated rings. The van der Waals surface area contributed by atoms with E-state index in [0.717, 1.165) is 16.8 Å². The van der Waals surface area contributed by atoms with Crippen LogP contribution >= 0.6 is 15.9 Å². The predicted molar refractivity (Wildman–Crippen MR) is 77.6 cm³/mol. The van der Waals surface area contributed by atoms with Crippen LogP contribution in [0.3, 0.4) is 0 Å². The molecule has 0 saturated carbocycles. The smallest absolute Gasteiger partial charge is 0.130 e. The Balaban J connectivity index is 1.98. The van der Waals surface area contributed by atoms with Crippen LogP contribution in [-0.4, -0.2) is 7.05 Å². The number of benzene rings is 2. The number of rotatable bonds is 5. The van der Waals surface area contributed by atoms with Crippen LogP contribution in [0.1, 0.15) is 11.1 Å². The molecule has 100 valence electrons. The number of ether oxygens (including phenoxy) is 1. The van der Waals surface area contributed by atoms with Crippen molar-refractivity contribution < 1.29 is 9.13 Å². The van der Waals surface area contributed by atoms with E-state index < -0.39 is 0 Å². The lowest BCUT2D eigenvalue weighted by atomic mass is 10.2. The van der Waals surface area contributed by atoms with Gasteiger partial charge in [-0.15, -0.1) is 0 Å². The second-order valence-corrected chi connectivity index (χ2v) is 5.11. The molecule has 0 aliphatic carbocycles. The minimum atomic E-state index is -0.263. The molecule has 0 unspecified atom stereocenters. The first kappa shape index (κ1) is 14.0. The highest BCUT2D eigenvalue weighted by Gasteiger charge is 2.03. The van der Waals surface area contributed by atoms with Crippen LogP contribution in [0.5, 0.6) is 5.75 Å². The second-order valence-electron chi connectivity index (χ2n) is 4.20. The van der Waals surface area contributed by atoms with Gasteiger partial charge in [0, 0.05) is 16.6 Å². The van der Waals surface area contributed by atoms with Gasteiger partial charge < -0.3 is 10.1 Å². The molecule has 2 nitrogen and oxygen atoms in total. The van der Waals surface area contributed by atoms with Crippen LogP contribution in [-0.2, 0) is 13.2 Å². The second kappa shape index (κ2) is 6.68. The standard InChI is InChI=1S/C15H15BrFNO/c1-18-9-11-2-6-14(7-3-11)19-10-12-4-5-13(16)8-15(12)17/h2-8,18H,9-10H2,1H3. The van der Waals surface area contributed by atoms with Gasteiger partial charge in [-0.25, -0.2) is 4.39 Å². The van der Waals surface area contributed by atoms with Crippen LogP contribution in [0.15, 0.2) is 46.9 Å². The minimum Gasteiger partial charge on any atom is -0.489 e. The van der Waals surface area contributed by atoms with Gasteiger partial charge in [0.15, 0.2) is 0 Å². The Labute approximate surface area is 120 Å². The zero-order chi connectivity index (χ0) is 13.7. The van der Waals surface area contributed by atoms with E-state index in [0.29, 0.717) is 5.56 Å². The summed E-state index contributed by atoms with van der Waals surface area (Å²) in [4.78, 5) is 0. The van der Waals surface area contributed by atoms with E-state index in [1.165, 1.54) is 11.6 Å². The molecule has 0 atom stereocenters. The maximum atomic E-state index is 13.6. The molecule has 2 aromatic carbocycles. The van der Waals surface area contributed by atoms with Crippen LogP contribution in [0, 0.1) is 5.82 Å². The molecule has 2 aromatic rings. The third kappa shape index (κ3) is 4.04. The van der Waals surface area contributed by atoms with E-state index >= 15 is 0 Å². The van der Waals surface area contributed by atoms with Gasteiger partial charge in [0.2, 0.25) is 0 Å². The SMILES string of the molecule is CNCc1ccc(OCc2ccc(Br)cc2F)cc1. The zero-order valence-electron chi connectivity index (χ0n) is 10.6. The molecule has 2 rings (SSSR count). The molecule has 0 saturated heterocycles. The van der Waals surface area contributed by atoms with Crippen molar-refractivity contribution in [2.75, 3.05) is 7.05 Å². The highest BCUT2D eigenvalue weighted by atomic mass is 79.9. The van der Waals surface area contributed by atoms with Gasteiger partial charge >= 0.3 is 0 Å². The van der Waals surface area contributed by atoms with Gasteiger partial charge in [0.05, 0.1) is 0 Å². The third-order valence-electron chi connectivity index (χ3n) is 2.71. The number of halogens is 2. The summed E-state index contributed by atoms with van der Waals surface area (Å²) < 4.78 is 19.9. The molecule has 0 heterocycles. The number of hydrogen-bond acceptors (Lipinski definition) is 2. The minimum absolute atomic E-state index is 0.227. The lowest BCUT2D eigenvalue weighted by Crippen LogP contribution is -2.04. The van der Waals surface area contributed by atoms with Gasteiger partial charge in [-0.1, -0.05) is 34.1 Å². The van der Waals surface area contributed by atoms with Crippen molar-refractivity contribution >= 4 is 15.9 Å². The Morgan fingerprint density at radius 2 is 1.89 bits per heavy atom. The highest BCUT2D eigenvalue weighted by Crippen LogP contribution is 2.18. The summed E-state index contributed by atoms with van der Waals surface area (Å²) in [6, 6.07) is 12.7. The van der Waals surface area contributed by atoms with Crippen molar-refractivity contribution in [2.45, 2.75) is 13.2 Å². The fourth-order valence-corrected chi connectivity index (χ4v) is 2.04. The topological polar surface area (TPSA) is 21.3 Å². The van der Waals surface area contributed by atoms with Crippen molar-refractivity contribution in [1.82, 2.24) is 5.32 Å². The summed E-state index contributed by atoms with van der Waals surface area (Å²) in [7, 11) is 1.90. The Hall–Kier alpha value is -1.39. The summed E-state index contributed by atoms with van der Waals surface area (Å²) in [5.41, 5.74) is 1.73. The van der Waals surface area contributed by atoms with Gasteiger partial charge in [0.1, 0.15) is 18.2 Å². The maximum Gasteiger partial charge on any atom is 0.130 e. The Morgan fingerprint density at radius 3 is 2.53 bits per heavy atom. The summed E-state index contributed by atoms with van der Waals surface area (Å²) in [5, 5.41) is 3.08. The number of hydrogen-bond donors (Lipinski definition) is 1. The molecule has 0 aromatic heterocycles. The molecule has 0 bridgehead atoms. The molecule has 0 amide bonds. The third-order valence-corrected chi connectivity index (χ3v) is 3.21. The van der Waals surface area contributed by atoms with Gasteiger partial charge in [0.25, 0.3) is 0 Å². The van der Waals surface area contributed by atoms with Crippen molar-refractivity contribution in [3.8, 4) is 5.75 Å². The molecule has 0 aliphatic heterocycles. The molecule has 1 N–H and O–H groups in total. The first-order valence-corrected chi connectivity index (χ1v) is 6.78. The Kier molecular flexibility index (Phi) is 4.93. The molecular weight excluding hydrogens is 309 g/mol. The summed E-state index contributed by atoms with van der Waals surface area (Å²) in [6.07, 6.45) is 0. The molecule has 4 heteroatoms. The van der Waals surface area contributed by atoms with Crippen molar-refractivity contribution in [2.24, 2.45) is 0 Å². The van der Waals surface area contributed by atoms with Crippen LogP contribution < -0.4 is 10.1 Å². The molecule has 0 aliphatic rings. The van der Waals surface area contributed by atoms with E-state index in [1.54, 1.807) is 12.1 Å². The monoisotopic (exact) mass is 323 g/mol. The molecule has 19 heavy (non-hydrogen) atoms. The summed E-state index contributed by atoms with van der Waals surface area (Å²) >= 11 is 3.23. The maximum absolute atomic E-state index is 13.6. The first-order chi connectivity index (χ1) is 9.19. The molecule has 0 spiro atoms. The lowest BCUT2D eigenvalue weighted by Gasteiger charge is -2.08. The molecular formula is C15H15BrFNO. The first-order valence-electron chi connectivity index (χ1n) is 5.99. The molecule has 0 radical (unpaired) electrons. The normalized spacial score (nSPS) is 10.5. The van der Waals surface area contributed by atoms with Crippen LogP contribution in [0.25, 0.3) is 0 Å². The lowest BCUT2D eigenvalue weighted by molar-refractivity contribution is 0.299. The zero-order valence-corrected chi connectivity index (χ0v) is 12.2. The average molecular weight is 324 g/mol. The average Bonchev–Trinajstić information content (AvgIpc) is 2.40. The van der Waals surface area contributed by atoms with Gasteiger partial charge in [-0.3, -0.25) is 0 Å². The van der Waals surface area contributed by atoms with Crippen molar-refractivity contribution in [1.29, 1.82) is 0 Å². The Bertz CT molecular complexity index is 542. The number of nitrogens with one attached hydrogen (secondary N) is 1. The van der Waals surface area contributed by atoms with Crippen molar-refractivity contribution in [3.05, 3.63) is 63.9 Å².